The monoisotopic (exact) mass is 452 g/mol. The van der Waals surface area contributed by atoms with Gasteiger partial charge in [0.05, 0.1) is 5.69 Å². The van der Waals surface area contributed by atoms with Gasteiger partial charge < -0.3 is 0 Å². The largest absolute Gasteiger partial charge is 0.410 e. The Hall–Kier alpha value is -3.54. The molecule has 0 amide bonds. The van der Waals surface area contributed by atoms with Gasteiger partial charge in [0.25, 0.3) is 0 Å². The molecule has 0 bridgehead atoms. The third-order valence-electron chi connectivity index (χ3n) is 4.51. The van der Waals surface area contributed by atoms with Crippen molar-refractivity contribution >= 4 is 11.6 Å². The van der Waals surface area contributed by atoms with Crippen molar-refractivity contribution in [2.75, 3.05) is 0 Å². The Morgan fingerprint density at radius 2 is 1.28 bits per heavy atom. The first-order valence-electron chi connectivity index (χ1n) is 9.40. The summed E-state index contributed by atoms with van der Waals surface area (Å²) in [7, 11) is -4.94. The summed E-state index contributed by atoms with van der Waals surface area (Å²) >= 11 is 0. The number of halogens is 1. The van der Waals surface area contributed by atoms with E-state index < -0.39 is 10.2 Å². The lowest BCUT2D eigenvalue weighted by molar-refractivity contribution is -2.00. The van der Waals surface area contributed by atoms with Gasteiger partial charge in [0, 0.05) is 17.2 Å². The molecular weight excluding hydrogens is 436 g/mol. The molecule has 0 atom stereocenters. The van der Waals surface area contributed by atoms with Gasteiger partial charge in [-0.3, -0.25) is 0 Å². The minimum atomic E-state index is -4.94. The summed E-state index contributed by atoms with van der Waals surface area (Å²) < 4.78 is 37.6. The fourth-order valence-corrected chi connectivity index (χ4v) is 3.33. The highest BCUT2D eigenvalue weighted by molar-refractivity contribution is 5.78. The van der Waals surface area contributed by atoms with Crippen LogP contribution in [-0.2, 0) is 0 Å². The lowest BCUT2D eigenvalue weighted by Crippen LogP contribution is -2.68. The van der Waals surface area contributed by atoms with Crippen molar-refractivity contribution in [1.29, 1.82) is 0 Å². The second-order valence-corrected chi connectivity index (χ2v) is 7.63. The van der Waals surface area contributed by atoms with E-state index in [1.54, 1.807) is 4.63 Å². The molecule has 0 N–H and O–H groups in total. The van der Waals surface area contributed by atoms with Crippen LogP contribution in [0.25, 0.3) is 34.1 Å². The van der Waals surface area contributed by atoms with Crippen molar-refractivity contribution in [3.8, 4) is 22.5 Å². The summed E-state index contributed by atoms with van der Waals surface area (Å²) in [6.45, 7) is 3.98. The molecule has 162 valence electrons. The third-order valence-corrected chi connectivity index (χ3v) is 4.51. The van der Waals surface area contributed by atoms with Crippen LogP contribution in [0.1, 0.15) is 11.4 Å². The zero-order valence-corrected chi connectivity index (χ0v) is 17.8. The Morgan fingerprint density at radius 1 is 0.750 bits per heavy atom. The van der Waals surface area contributed by atoms with Gasteiger partial charge in [-0.05, 0) is 23.6 Å². The topological polar surface area (TPSA) is 152 Å². The summed E-state index contributed by atoms with van der Waals surface area (Å²) in [5, 5.41) is 4.92. The number of hydrogen-bond donors (Lipinski definition) is 0. The minimum Gasteiger partial charge on any atom is -0.222 e. The SMILES string of the molecule is Cc1cc(C)[n+]2c(n1)nc1nc(-c3ccccc3)c(-c3ccccc3)nn12.[O-][Cl+3]([O-])([O-])[O-]. The van der Waals surface area contributed by atoms with Crippen molar-refractivity contribution in [2.45, 2.75) is 13.8 Å². The van der Waals surface area contributed by atoms with Crippen molar-refractivity contribution in [1.82, 2.24) is 24.7 Å². The van der Waals surface area contributed by atoms with Crippen LogP contribution in [0.15, 0.2) is 66.7 Å². The maximum atomic E-state index is 8.49. The van der Waals surface area contributed by atoms with Gasteiger partial charge in [-0.2, -0.15) is 4.98 Å². The van der Waals surface area contributed by atoms with E-state index in [9.17, 15) is 0 Å². The average Bonchev–Trinajstić information content (AvgIpc) is 3.10. The molecule has 0 fully saturated rings. The van der Waals surface area contributed by atoms with Crippen LogP contribution in [0.2, 0.25) is 0 Å². The molecule has 0 radical (unpaired) electrons. The molecule has 0 aliphatic carbocycles. The van der Waals surface area contributed by atoms with Crippen LogP contribution in [0.4, 0.5) is 0 Å². The van der Waals surface area contributed by atoms with Crippen LogP contribution >= 0.6 is 0 Å². The molecule has 11 heteroatoms. The van der Waals surface area contributed by atoms with Crippen molar-refractivity contribution in [3.63, 3.8) is 0 Å². The number of rotatable bonds is 2. The van der Waals surface area contributed by atoms with Crippen molar-refractivity contribution in [3.05, 3.63) is 78.1 Å². The molecule has 0 saturated carbocycles. The molecule has 3 aromatic heterocycles. The first-order chi connectivity index (χ1) is 15.2. The predicted octanol–water partition coefficient (Wildman–Crippen LogP) is -1.55. The summed E-state index contributed by atoms with van der Waals surface area (Å²) in [4.78, 5) is 14.0. The number of nitrogens with zero attached hydrogens (tertiary/aromatic N) is 6. The maximum Gasteiger partial charge on any atom is 0.410 e. The number of fused-ring (bicyclic) bond motifs is 3. The normalized spacial score (nSPS) is 11.4. The zero-order valence-electron chi connectivity index (χ0n) is 17.0. The molecular formula is C21H17ClN6O4. The molecule has 2 aromatic carbocycles. The van der Waals surface area contributed by atoms with Crippen molar-refractivity contribution < 1.29 is 33.4 Å². The van der Waals surface area contributed by atoms with E-state index in [-0.39, 0.29) is 0 Å². The Balaban J connectivity index is 0.000000444. The van der Waals surface area contributed by atoms with Gasteiger partial charge in [0.2, 0.25) is 0 Å². The molecule has 5 rings (SSSR count). The summed E-state index contributed by atoms with van der Waals surface area (Å²) in [6.07, 6.45) is 0. The van der Waals surface area contributed by atoms with Gasteiger partial charge in [-0.15, -0.1) is 19.7 Å². The molecule has 32 heavy (non-hydrogen) atoms. The van der Waals surface area contributed by atoms with Gasteiger partial charge in [0.1, 0.15) is 11.4 Å². The molecule has 0 aliphatic rings. The van der Waals surface area contributed by atoms with E-state index in [1.807, 2.05) is 85.1 Å². The lowest BCUT2D eigenvalue weighted by atomic mass is 10.0. The van der Waals surface area contributed by atoms with E-state index >= 15 is 0 Å². The third kappa shape index (κ3) is 4.69. The fraction of sp³-hybridized carbons (Fsp3) is 0.0952. The van der Waals surface area contributed by atoms with Gasteiger partial charge >= 0.3 is 11.6 Å². The highest BCUT2D eigenvalue weighted by atomic mass is 35.7. The van der Waals surface area contributed by atoms with E-state index in [4.69, 9.17) is 28.7 Å². The van der Waals surface area contributed by atoms with Crippen LogP contribution < -0.4 is 23.2 Å². The highest BCUT2D eigenvalue weighted by Gasteiger charge is 2.23. The van der Waals surface area contributed by atoms with Gasteiger partial charge in [0.15, 0.2) is 5.69 Å². The van der Waals surface area contributed by atoms with Crippen LogP contribution in [0.5, 0.6) is 0 Å². The Bertz CT molecular complexity index is 1380. The molecule has 10 nitrogen and oxygen atoms in total. The second-order valence-electron chi connectivity index (χ2n) is 6.87. The quantitative estimate of drug-likeness (QED) is 0.292. The van der Waals surface area contributed by atoms with Crippen molar-refractivity contribution in [2.24, 2.45) is 0 Å². The average molecular weight is 453 g/mol. The number of aromatic nitrogens is 6. The van der Waals surface area contributed by atoms with Crippen LogP contribution in [0, 0.1) is 24.1 Å². The highest BCUT2D eigenvalue weighted by Crippen LogP contribution is 2.28. The molecule has 0 saturated heterocycles. The second kappa shape index (κ2) is 8.54. The van der Waals surface area contributed by atoms with E-state index in [0.717, 1.165) is 33.9 Å². The number of benzene rings is 2. The van der Waals surface area contributed by atoms with Crippen LogP contribution in [-0.4, -0.2) is 24.7 Å². The maximum absolute atomic E-state index is 8.49. The Labute approximate surface area is 184 Å². The molecule has 5 aromatic rings. The Morgan fingerprint density at radius 3 is 1.84 bits per heavy atom. The molecule has 0 aliphatic heterocycles. The number of hydrogen-bond acceptors (Lipinski definition) is 8. The first kappa shape index (κ1) is 21.7. The first-order valence-corrected chi connectivity index (χ1v) is 10.6. The Kier molecular flexibility index (Phi) is 5.78. The summed E-state index contributed by atoms with van der Waals surface area (Å²) in [5.74, 6) is 1.12. The summed E-state index contributed by atoms with van der Waals surface area (Å²) in [6, 6.07) is 22.2. The standard InChI is InChI=1S/C21H17N6.ClHO4/c1-14-13-15(2)26-20(22-14)24-21-23-18(16-9-5-3-6-10-16)19(25-27(21)26)17-11-7-4-8-12-17;2-1(3,4)5/h3-13H,1-2H3;(H,2,3,4,5)/q+1;/p-1. The van der Waals surface area contributed by atoms with Gasteiger partial charge in [-0.25, -0.2) is 18.6 Å². The molecule has 0 spiro atoms. The number of aryl methyl sites for hydroxylation is 2. The van der Waals surface area contributed by atoms with Gasteiger partial charge in [-0.1, -0.05) is 65.6 Å². The smallest absolute Gasteiger partial charge is 0.222 e. The van der Waals surface area contributed by atoms with E-state index in [0.29, 0.717) is 11.6 Å². The minimum absolute atomic E-state index is 0.523. The van der Waals surface area contributed by atoms with Crippen LogP contribution in [0.3, 0.4) is 0 Å². The predicted molar refractivity (Wildman–Crippen MR) is 102 cm³/mol. The molecule has 0 unspecified atom stereocenters. The molecule has 3 heterocycles. The lowest BCUT2D eigenvalue weighted by Gasteiger charge is -2.17. The van der Waals surface area contributed by atoms with E-state index in [1.165, 1.54) is 0 Å². The summed E-state index contributed by atoms with van der Waals surface area (Å²) in [5.41, 5.74) is 5.55. The fourth-order valence-electron chi connectivity index (χ4n) is 3.33. The zero-order chi connectivity index (χ0) is 22.9. The van der Waals surface area contributed by atoms with E-state index in [2.05, 4.69) is 9.97 Å².